The summed E-state index contributed by atoms with van der Waals surface area (Å²) >= 11 is 0. The van der Waals surface area contributed by atoms with E-state index in [1.54, 1.807) is 0 Å². The molecule has 1 aliphatic carbocycles. The van der Waals surface area contributed by atoms with Gasteiger partial charge in [-0.3, -0.25) is 0 Å². The van der Waals surface area contributed by atoms with E-state index in [0.29, 0.717) is 0 Å². The lowest BCUT2D eigenvalue weighted by molar-refractivity contribution is -0.139. The molecule has 1 unspecified atom stereocenters. The normalized spacial score (nSPS) is 13.4. The van der Waals surface area contributed by atoms with Crippen LogP contribution in [0.4, 0.5) is 4.79 Å². The van der Waals surface area contributed by atoms with Gasteiger partial charge in [-0.1, -0.05) is 66.7 Å². The van der Waals surface area contributed by atoms with E-state index >= 15 is 0 Å². The number of aryl methyl sites for hydroxylation is 2. The Morgan fingerprint density at radius 1 is 1.00 bits per heavy atom. The fourth-order valence-electron chi connectivity index (χ4n) is 5.06. The van der Waals surface area contributed by atoms with Crippen LogP contribution in [-0.4, -0.2) is 34.4 Å². The van der Waals surface area contributed by atoms with Crippen LogP contribution in [0.25, 0.3) is 22.0 Å². The third kappa shape index (κ3) is 3.81. The average molecular weight is 455 g/mol. The molecule has 1 heterocycles. The quantitative estimate of drug-likeness (QED) is 0.429. The van der Waals surface area contributed by atoms with E-state index in [9.17, 15) is 14.7 Å². The molecule has 0 spiro atoms. The molecule has 4 aromatic rings. The number of rotatable bonds is 6. The molecular weight excluding hydrogens is 428 g/mol. The van der Waals surface area contributed by atoms with Gasteiger partial charge in [0.1, 0.15) is 12.6 Å². The second-order valence-corrected chi connectivity index (χ2v) is 8.77. The Kier molecular flexibility index (Phi) is 5.57. The summed E-state index contributed by atoms with van der Waals surface area (Å²) in [5, 5.41) is 13.4. The molecule has 0 radical (unpaired) electrons. The summed E-state index contributed by atoms with van der Waals surface area (Å²) in [6.07, 6.45) is -0.575. The first-order chi connectivity index (χ1) is 16.4. The second kappa shape index (κ2) is 8.71. The fraction of sp³-hybridized carbons (Fsp3) is 0.214. The minimum absolute atomic E-state index is 0.0809. The van der Waals surface area contributed by atoms with Gasteiger partial charge in [0, 0.05) is 30.5 Å². The van der Waals surface area contributed by atoms with E-state index in [1.165, 1.54) is 0 Å². The number of benzene rings is 3. The van der Waals surface area contributed by atoms with Crippen molar-refractivity contribution in [2.45, 2.75) is 25.3 Å². The van der Waals surface area contributed by atoms with Gasteiger partial charge in [-0.2, -0.15) is 0 Å². The Bertz CT molecular complexity index is 1360. The summed E-state index contributed by atoms with van der Waals surface area (Å²) in [5.74, 6) is -1.18. The largest absolute Gasteiger partial charge is 0.480 e. The average Bonchev–Trinajstić information content (AvgIpc) is 3.32. The summed E-state index contributed by atoms with van der Waals surface area (Å²) in [6, 6.07) is 23.0. The number of ether oxygens (including phenoxy) is 1. The number of carboxylic acids is 1. The van der Waals surface area contributed by atoms with E-state index in [1.807, 2.05) is 79.2 Å². The van der Waals surface area contributed by atoms with Gasteiger partial charge in [0.05, 0.1) is 5.52 Å². The number of aromatic nitrogens is 1. The van der Waals surface area contributed by atoms with Gasteiger partial charge in [-0.15, -0.1) is 0 Å². The van der Waals surface area contributed by atoms with Gasteiger partial charge in [0.2, 0.25) is 0 Å². The summed E-state index contributed by atoms with van der Waals surface area (Å²) in [4.78, 5) is 24.6. The number of fused-ring (bicyclic) bond motifs is 4. The molecule has 0 saturated carbocycles. The van der Waals surface area contributed by atoms with Crippen LogP contribution in [0.15, 0.2) is 72.8 Å². The van der Waals surface area contributed by atoms with Crippen LogP contribution < -0.4 is 5.32 Å². The Labute approximate surface area is 197 Å². The van der Waals surface area contributed by atoms with Crippen LogP contribution in [0.1, 0.15) is 28.3 Å². The minimum Gasteiger partial charge on any atom is -0.480 e. The number of alkyl carbamates (subject to hydrolysis) is 1. The van der Waals surface area contributed by atoms with Gasteiger partial charge in [-0.05, 0) is 40.8 Å². The Balaban J connectivity index is 1.30. The first-order valence-corrected chi connectivity index (χ1v) is 11.3. The molecule has 6 heteroatoms. The van der Waals surface area contributed by atoms with Crippen molar-refractivity contribution in [3.8, 4) is 11.1 Å². The lowest BCUT2D eigenvalue weighted by Gasteiger charge is -2.18. The molecule has 6 nitrogen and oxygen atoms in total. The number of amides is 1. The van der Waals surface area contributed by atoms with Crippen LogP contribution in [0.3, 0.4) is 0 Å². The van der Waals surface area contributed by atoms with Crippen LogP contribution in [0, 0.1) is 6.92 Å². The zero-order valence-electron chi connectivity index (χ0n) is 19.1. The molecule has 34 heavy (non-hydrogen) atoms. The molecule has 1 atom stereocenters. The van der Waals surface area contributed by atoms with E-state index in [0.717, 1.165) is 44.4 Å². The van der Waals surface area contributed by atoms with E-state index in [4.69, 9.17) is 4.74 Å². The maximum absolute atomic E-state index is 12.6. The lowest BCUT2D eigenvalue weighted by atomic mass is 9.98. The maximum Gasteiger partial charge on any atom is 0.407 e. The molecule has 0 fully saturated rings. The van der Waals surface area contributed by atoms with E-state index in [2.05, 4.69) is 17.4 Å². The predicted octanol–water partition coefficient (Wildman–Crippen LogP) is 5.02. The fourth-order valence-corrected chi connectivity index (χ4v) is 5.06. The number of carbonyl (C=O) groups is 2. The highest BCUT2D eigenvalue weighted by Crippen LogP contribution is 2.44. The first-order valence-electron chi connectivity index (χ1n) is 11.3. The van der Waals surface area contributed by atoms with Crippen LogP contribution in [0.2, 0.25) is 0 Å². The number of hydrogen-bond acceptors (Lipinski definition) is 3. The summed E-state index contributed by atoms with van der Waals surface area (Å²) in [6.45, 7) is 2.16. The van der Waals surface area contributed by atoms with E-state index in [-0.39, 0.29) is 18.9 Å². The van der Waals surface area contributed by atoms with Gasteiger partial charge in [-0.25, -0.2) is 9.59 Å². The minimum atomic E-state index is -1.10. The van der Waals surface area contributed by atoms with Crippen molar-refractivity contribution in [3.63, 3.8) is 0 Å². The SMILES string of the molecule is Cc1cccc2cc(CC(NC(=O)OCC3c4ccccc4-c4ccccc43)C(=O)O)n(C)c12. The Morgan fingerprint density at radius 2 is 1.65 bits per heavy atom. The molecule has 1 aliphatic rings. The number of aliphatic carboxylic acids is 1. The highest BCUT2D eigenvalue weighted by Gasteiger charge is 2.30. The maximum atomic E-state index is 12.6. The smallest absolute Gasteiger partial charge is 0.407 e. The number of carbonyl (C=O) groups excluding carboxylic acids is 1. The van der Waals surface area contributed by atoms with Crippen molar-refractivity contribution in [1.29, 1.82) is 0 Å². The number of nitrogens with zero attached hydrogens (tertiary/aromatic N) is 1. The Morgan fingerprint density at radius 3 is 2.26 bits per heavy atom. The molecule has 3 aromatic carbocycles. The van der Waals surface area contributed by atoms with Crippen molar-refractivity contribution in [2.75, 3.05) is 6.61 Å². The Hall–Kier alpha value is -4.06. The van der Waals surface area contributed by atoms with Gasteiger partial charge >= 0.3 is 12.1 Å². The van der Waals surface area contributed by atoms with Crippen molar-refractivity contribution in [2.24, 2.45) is 7.05 Å². The number of para-hydroxylation sites is 1. The molecule has 1 amide bonds. The lowest BCUT2D eigenvalue weighted by Crippen LogP contribution is -2.43. The summed E-state index contributed by atoms with van der Waals surface area (Å²) in [5.41, 5.74) is 7.50. The van der Waals surface area contributed by atoms with Gasteiger partial charge in [0.25, 0.3) is 0 Å². The molecule has 0 bridgehead atoms. The molecule has 0 saturated heterocycles. The highest BCUT2D eigenvalue weighted by molar-refractivity contribution is 5.85. The molecule has 172 valence electrons. The van der Waals surface area contributed by atoms with Crippen molar-refractivity contribution < 1.29 is 19.4 Å². The van der Waals surface area contributed by atoms with Crippen LogP contribution >= 0.6 is 0 Å². The van der Waals surface area contributed by atoms with Crippen molar-refractivity contribution in [3.05, 3.63) is 95.2 Å². The summed E-state index contributed by atoms with van der Waals surface area (Å²) in [7, 11) is 1.91. The van der Waals surface area contributed by atoms with Crippen LogP contribution in [0.5, 0.6) is 0 Å². The molecule has 0 aliphatic heterocycles. The monoisotopic (exact) mass is 454 g/mol. The van der Waals surface area contributed by atoms with Crippen LogP contribution in [-0.2, 0) is 23.0 Å². The number of hydrogen-bond donors (Lipinski definition) is 2. The summed E-state index contributed by atoms with van der Waals surface area (Å²) < 4.78 is 7.53. The zero-order valence-corrected chi connectivity index (χ0v) is 19.1. The molecular formula is C28H26N2O4. The third-order valence-electron chi connectivity index (χ3n) is 6.70. The highest BCUT2D eigenvalue weighted by atomic mass is 16.5. The van der Waals surface area contributed by atoms with Gasteiger partial charge < -0.3 is 19.7 Å². The first kappa shape index (κ1) is 21.8. The second-order valence-electron chi connectivity index (χ2n) is 8.77. The molecule has 1 aromatic heterocycles. The van der Waals surface area contributed by atoms with Crippen molar-refractivity contribution >= 4 is 23.0 Å². The van der Waals surface area contributed by atoms with E-state index < -0.39 is 18.1 Å². The number of carboxylic acid groups (broad SMARTS) is 1. The molecule has 2 N–H and O–H groups in total. The molecule has 5 rings (SSSR count). The third-order valence-corrected chi connectivity index (χ3v) is 6.70. The number of nitrogens with one attached hydrogen (secondary N) is 1. The van der Waals surface area contributed by atoms with Gasteiger partial charge in [0.15, 0.2) is 0 Å². The topological polar surface area (TPSA) is 80.6 Å². The standard InChI is InChI=1S/C28H26N2O4/c1-17-8-7-9-18-14-19(30(2)26(17)18)15-25(27(31)32)29-28(33)34-16-24-22-12-5-3-10-20(22)21-11-4-6-13-23(21)24/h3-14,24-25H,15-16H2,1-2H3,(H,29,33)(H,31,32). The van der Waals surface area contributed by atoms with Crippen molar-refractivity contribution in [1.82, 2.24) is 9.88 Å². The predicted molar refractivity (Wildman–Crippen MR) is 131 cm³/mol. The zero-order chi connectivity index (χ0) is 23.8.